The first-order chi connectivity index (χ1) is 14.1. The number of terminal acetylenes is 1. The molecule has 0 heterocycles. The van der Waals surface area contributed by atoms with Crippen LogP contribution in [-0.4, -0.2) is 0 Å². The second kappa shape index (κ2) is 9.63. The van der Waals surface area contributed by atoms with Gasteiger partial charge < -0.3 is 5.32 Å². The van der Waals surface area contributed by atoms with Gasteiger partial charge in [-0.3, -0.25) is 0 Å². The molecule has 0 fully saturated rings. The van der Waals surface area contributed by atoms with E-state index in [1.54, 1.807) is 0 Å². The number of aryl methyl sites for hydroxylation is 1. The summed E-state index contributed by atoms with van der Waals surface area (Å²) < 4.78 is 14.2. The lowest BCUT2D eigenvalue weighted by molar-refractivity contribution is 0.474. The van der Waals surface area contributed by atoms with Crippen LogP contribution in [0.15, 0.2) is 72.8 Å². The summed E-state index contributed by atoms with van der Waals surface area (Å²) in [6.07, 6.45) is 9.42. The van der Waals surface area contributed by atoms with Gasteiger partial charge in [-0.1, -0.05) is 60.8 Å². The molecule has 3 aromatic carbocycles. The van der Waals surface area contributed by atoms with Crippen LogP contribution in [0.4, 0.5) is 15.8 Å². The first kappa shape index (κ1) is 21.0. The topological polar surface area (TPSA) is 12.0 Å². The highest BCUT2D eigenvalue weighted by Gasteiger charge is 2.27. The Balaban J connectivity index is 1.69. The molecule has 1 nitrogen and oxygen atoms in total. The van der Waals surface area contributed by atoms with Gasteiger partial charge in [-0.05, 0) is 73.2 Å². The van der Waals surface area contributed by atoms with Gasteiger partial charge in [0.15, 0.2) is 0 Å². The maximum absolute atomic E-state index is 14.2. The van der Waals surface area contributed by atoms with E-state index in [1.165, 1.54) is 6.07 Å². The van der Waals surface area contributed by atoms with Crippen LogP contribution in [0.3, 0.4) is 0 Å². The third-order valence-corrected chi connectivity index (χ3v) is 5.68. The summed E-state index contributed by atoms with van der Waals surface area (Å²) in [4.78, 5) is 0. The molecule has 0 aromatic heterocycles. The third kappa shape index (κ3) is 5.19. The molecule has 0 radical (unpaired) electrons. The minimum Gasteiger partial charge on any atom is -0.353 e. The molecule has 0 aliphatic heterocycles. The van der Waals surface area contributed by atoms with E-state index in [0.29, 0.717) is 10.7 Å². The smallest absolute Gasteiger partial charge is 0.146 e. The quantitative estimate of drug-likeness (QED) is 0.382. The van der Waals surface area contributed by atoms with Gasteiger partial charge in [-0.15, -0.1) is 6.42 Å². The fourth-order valence-corrected chi connectivity index (χ4v) is 3.77. The Bertz CT molecular complexity index is 976. The molecule has 148 valence electrons. The zero-order valence-corrected chi connectivity index (χ0v) is 17.3. The number of benzene rings is 3. The fourth-order valence-electron chi connectivity index (χ4n) is 3.65. The molecule has 1 atom stereocenters. The number of para-hydroxylation sites is 1. The van der Waals surface area contributed by atoms with Crippen LogP contribution in [0.5, 0.6) is 0 Å². The Morgan fingerprint density at radius 1 is 1.03 bits per heavy atom. The summed E-state index contributed by atoms with van der Waals surface area (Å²) >= 11 is 6.03. The highest BCUT2D eigenvalue weighted by Crippen LogP contribution is 2.34. The molecule has 3 aromatic rings. The van der Waals surface area contributed by atoms with Crippen LogP contribution in [0.1, 0.15) is 37.3 Å². The van der Waals surface area contributed by atoms with Crippen molar-refractivity contribution in [1.82, 2.24) is 0 Å². The van der Waals surface area contributed by atoms with Gasteiger partial charge in [0.05, 0.1) is 11.1 Å². The lowest BCUT2D eigenvalue weighted by Gasteiger charge is -2.28. The van der Waals surface area contributed by atoms with Gasteiger partial charge in [0, 0.05) is 10.7 Å². The monoisotopic (exact) mass is 405 g/mol. The van der Waals surface area contributed by atoms with Crippen LogP contribution in [-0.2, 0) is 11.8 Å². The van der Waals surface area contributed by atoms with E-state index in [-0.39, 0.29) is 11.2 Å². The van der Waals surface area contributed by atoms with Crippen molar-refractivity contribution < 1.29 is 4.39 Å². The van der Waals surface area contributed by atoms with Crippen LogP contribution in [0.25, 0.3) is 0 Å². The average Bonchev–Trinajstić information content (AvgIpc) is 2.75. The zero-order valence-electron chi connectivity index (χ0n) is 16.6. The second-order valence-electron chi connectivity index (χ2n) is 7.25. The summed E-state index contributed by atoms with van der Waals surface area (Å²) in [5, 5.41) is 3.86. The Morgan fingerprint density at radius 3 is 2.41 bits per heavy atom. The summed E-state index contributed by atoms with van der Waals surface area (Å²) in [6, 6.07) is 22.7. The zero-order chi connectivity index (χ0) is 20.7. The van der Waals surface area contributed by atoms with E-state index in [1.807, 2.05) is 66.7 Å². The largest absolute Gasteiger partial charge is 0.353 e. The average molecular weight is 406 g/mol. The lowest BCUT2D eigenvalue weighted by Crippen LogP contribution is -2.23. The van der Waals surface area contributed by atoms with Crippen molar-refractivity contribution in [2.24, 2.45) is 0 Å². The van der Waals surface area contributed by atoms with Crippen molar-refractivity contribution in [1.29, 1.82) is 0 Å². The molecule has 3 rings (SSSR count). The van der Waals surface area contributed by atoms with Crippen molar-refractivity contribution in [2.45, 2.75) is 38.0 Å². The minimum atomic E-state index is -0.310. The fraction of sp³-hybridized carbons (Fsp3) is 0.231. The molecule has 0 aliphatic carbocycles. The SMILES string of the molecule is C#CC(CC)(CCCc1ccc(F)c(Nc2ccccc2)c1)c1ccc(Cl)cc1. The number of nitrogens with one attached hydrogen (secondary N) is 1. The maximum atomic E-state index is 14.2. The Morgan fingerprint density at radius 2 is 1.76 bits per heavy atom. The third-order valence-electron chi connectivity index (χ3n) is 5.43. The molecule has 1 N–H and O–H groups in total. The molecule has 29 heavy (non-hydrogen) atoms. The molecule has 3 heteroatoms. The highest BCUT2D eigenvalue weighted by atomic mass is 35.5. The van der Waals surface area contributed by atoms with E-state index in [4.69, 9.17) is 18.0 Å². The molecule has 0 saturated carbocycles. The predicted molar refractivity (Wildman–Crippen MR) is 121 cm³/mol. The summed E-state index contributed by atoms with van der Waals surface area (Å²) in [5.41, 5.74) is 3.25. The van der Waals surface area contributed by atoms with Gasteiger partial charge >= 0.3 is 0 Å². The molecule has 0 aliphatic rings. The molecule has 0 saturated heterocycles. The van der Waals surface area contributed by atoms with Crippen LogP contribution >= 0.6 is 11.6 Å². The Kier molecular flexibility index (Phi) is 6.96. The van der Waals surface area contributed by atoms with Crippen LogP contribution in [0.2, 0.25) is 5.02 Å². The van der Waals surface area contributed by atoms with Crippen molar-refractivity contribution in [3.8, 4) is 12.3 Å². The standard InChI is InChI=1S/C26H25ClFN/c1-3-26(4-2,21-13-15-22(27)16-14-21)18-8-9-20-12-17-24(28)25(19-20)29-23-10-6-5-7-11-23/h1,5-7,10-17,19,29H,4,8-9,18H2,2H3. The van der Waals surface area contributed by atoms with Gasteiger partial charge in [0.25, 0.3) is 0 Å². The van der Waals surface area contributed by atoms with Gasteiger partial charge in [-0.2, -0.15) is 0 Å². The van der Waals surface area contributed by atoms with E-state index in [2.05, 4.69) is 18.2 Å². The summed E-state index contributed by atoms with van der Waals surface area (Å²) in [7, 11) is 0. The van der Waals surface area contributed by atoms with Crippen molar-refractivity contribution in [3.05, 3.63) is 94.8 Å². The Labute approximate surface area is 177 Å². The van der Waals surface area contributed by atoms with Crippen molar-refractivity contribution >= 4 is 23.0 Å². The van der Waals surface area contributed by atoms with Crippen LogP contribution < -0.4 is 5.32 Å². The summed E-state index contributed by atoms with van der Waals surface area (Å²) in [6.45, 7) is 2.12. The maximum Gasteiger partial charge on any atom is 0.146 e. The number of hydrogen-bond donors (Lipinski definition) is 1. The van der Waals surface area contributed by atoms with E-state index in [0.717, 1.165) is 42.5 Å². The van der Waals surface area contributed by atoms with Crippen molar-refractivity contribution in [3.63, 3.8) is 0 Å². The van der Waals surface area contributed by atoms with Crippen molar-refractivity contribution in [2.75, 3.05) is 5.32 Å². The molecule has 0 amide bonds. The molecule has 0 bridgehead atoms. The van der Waals surface area contributed by atoms with E-state index >= 15 is 0 Å². The predicted octanol–water partition coefficient (Wildman–Crippen LogP) is 7.53. The number of anilines is 2. The first-order valence-corrected chi connectivity index (χ1v) is 10.3. The first-order valence-electron chi connectivity index (χ1n) is 9.90. The summed E-state index contributed by atoms with van der Waals surface area (Å²) in [5.74, 6) is 2.77. The molecule has 1 unspecified atom stereocenters. The Hall–Kier alpha value is -2.76. The van der Waals surface area contributed by atoms with E-state index in [9.17, 15) is 4.39 Å². The lowest BCUT2D eigenvalue weighted by atomic mass is 9.75. The van der Waals surface area contributed by atoms with Gasteiger partial charge in [0.2, 0.25) is 0 Å². The normalized spacial score (nSPS) is 12.8. The minimum absolute atomic E-state index is 0.259. The molecular weight excluding hydrogens is 381 g/mol. The number of hydrogen-bond acceptors (Lipinski definition) is 1. The van der Waals surface area contributed by atoms with E-state index < -0.39 is 0 Å². The second-order valence-corrected chi connectivity index (χ2v) is 7.68. The van der Waals surface area contributed by atoms with Crippen LogP contribution in [0, 0.1) is 18.2 Å². The van der Waals surface area contributed by atoms with Gasteiger partial charge in [-0.25, -0.2) is 4.39 Å². The highest BCUT2D eigenvalue weighted by molar-refractivity contribution is 6.30. The molecular formula is C26H25ClFN. The molecule has 0 spiro atoms. The number of halogens is 2. The number of rotatable bonds is 8. The van der Waals surface area contributed by atoms with Gasteiger partial charge in [0.1, 0.15) is 5.82 Å².